The van der Waals surface area contributed by atoms with Gasteiger partial charge in [-0.05, 0) is 96.3 Å². The predicted octanol–water partition coefficient (Wildman–Crippen LogP) is 16.6. The van der Waals surface area contributed by atoms with Gasteiger partial charge in [0.2, 0.25) is 0 Å². The Kier molecular flexibility index (Phi) is 53.1. The number of likely N-dealkylation sites (N-methyl/N-ethyl adjacent to an activating group) is 1. The van der Waals surface area contributed by atoms with Crippen LogP contribution >= 0.6 is 0 Å². The zero-order valence-corrected chi connectivity index (χ0v) is 48.6. The van der Waals surface area contributed by atoms with Gasteiger partial charge < -0.3 is 33.3 Å². The van der Waals surface area contributed by atoms with Gasteiger partial charge in [-0.1, -0.05) is 232 Å². The molecule has 0 spiro atoms. The molecule has 0 aromatic carbocycles. The third-order valence-electron chi connectivity index (χ3n) is 12.5. The zero-order chi connectivity index (χ0) is 54.8. The number of hydrogen-bond donors (Lipinski definition) is 0. The number of unbranched alkanes of at least 4 members (excludes halogenated alkanes) is 21. The average Bonchev–Trinajstić information content (AvgIpc) is 3.38. The van der Waals surface area contributed by atoms with Crippen LogP contribution < -0.4 is 5.11 Å². The summed E-state index contributed by atoms with van der Waals surface area (Å²) in [4.78, 5) is 37.2. The summed E-state index contributed by atoms with van der Waals surface area (Å²) >= 11 is 0. The van der Waals surface area contributed by atoms with E-state index in [0.717, 1.165) is 116 Å². The number of hydrogen-bond acceptors (Lipinski definition) is 8. The minimum Gasteiger partial charge on any atom is -0.545 e. The van der Waals surface area contributed by atoms with Gasteiger partial charge in [-0.3, -0.25) is 9.59 Å². The largest absolute Gasteiger partial charge is 0.545 e. The van der Waals surface area contributed by atoms with Gasteiger partial charge >= 0.3 is 11.9 Å². The monoisotopic (exact) mass is 1050 g/mol. The van der Waals surface area contributed by atoms with E-state index in [2.05, 4.69) is 123 Å². The van der Waals surface area contributed by atoms with Gasteiger partial charge in [-0.25, -0.2) is 0 Å². The number of nitrogens with zero attached hydrogens (tertiary/aromatic N) is 1. The molecule has 0 rings (SSSR count). The molecule has 0 N–H and O–H groups in total. The Bertz CT molecular complexity index is 1590. The first-order chi connectivity index (χ1) is 36.6. The number of carbonyl (C=O) groups excluding carboxylic acids is 3. The lowest BCUT2D eigenvalue weighted by Crippen LogP contribution is -2.44. The highest BCUT2D eigenvalue weighted by Crippen LogP contribution is 2.16. The van der Waals surface area contributed by atoms with Crippen LogP contribution in [0.4, 0.5) is 0 Å². The van der Waals surface area contributed by atoms with Crippen LogP contribution in [0.15, 0.2) is 109 Å². The predicted molar refractivity (Wildman–Crippen MR) is 315 cm³/mol. The maximum atomic E-state index is 12.9. The highest BCUT2D eigenvalue weighted by Gasteiger charge is 2.22. The molecule has 2 atom stereocenters. The van der Waals surface area contributed by atoms with E-state index in [0.29, 0.717) is 17.4 Å². The highest BCUT2D eigenvalue weighted by atomic mass is 16.7. The third kappa shape index (κ3) is 57.5. The van der Waals surface area contributed by atoms with Crippen LogP contribution in [0, 0.1) is 0 Å². The quantitative estimate of drug-likeness (QED) is 0.0195. The van der Waals surface area contributed by atoms with E-state index in [1.165, 1.54) is 83.5 Å². The van der Waals surface area contributed by atoms with E-state index in [9.17, 15) is 19.5 Å². The van der Waals surface area contributed by atoms with Crippen molar-refractivity contribution < 1.29 is 42.9 Å². The van der Waals surface area contributed by atoms with Gasteiger partial charge in [0, 0.05) is 12.8 Å². The second kappa shape index (κ2) is 56.2. The molecule has 0 amide bonds. The van der Waals surface area contributed by atoms with E-state index >= 15 is 0 Å². The zero-order valence-electron chi connectivity index (χ0n) is 48.6. The van der Waals surface area contributed by atoms with E-state index in [1.54, 1.807) is 0 Å². The van der Waals surface area contributed by atoms with Crippen molar-refractivity contribution >= 4 is 17.9 Å². The molecular formula is C66H111NO8. The normalized spacial score (nSPS) is 13.6. The van der Waals surface area contributed by atoms with Crippen molar-refractivity contribution in [2.45, 2.75) is 245 Å². The van der Waals surface area contributed by atoms with Crippen molar-refractivity contribution in [3.05, 3.63) is 109 Å². The summed E-state index contributed by atoms with van der Waals surface area (Å²) < 4.78 is 22.6. The molecule has 9 heteroatoms. The van der Waals surface area contributed by atoms with Gasteiger partial charge in [-0.15, -0.1) is 0 Å². The van der Waals surface area contributed by atoms with Crippen LogP contribution in [0.1, 0.15) is 232 Å². The van der Waals surface area contributed by atoms with Crippen LogP contribution in [0.25, 0.3) is 0 Å². The molecule has 428 valence electrons. The number of allylic oxidation sites excluding steroid dienone is 18. The van der Waals surface area contributed by atoms with Crippen LogP contribution in [0.2, 0.25) is 0 Å². The maximum Gasteiger partial charge on any atom is 0.306 e. The Morgan fingerprint density at radius 2 is 0.760 bits per heavy atom. The fraction of sp³-hybridized carbons (Fsp3) is 0.682. The molecule has 0 saturated heterocycles. The summed E-state index contributed by atoms with van der Waals surface area (Å²) in [5.74, 6) is -2.31. The standard InChI is InChI=1S/C66H111NO8/c1-6-8-10-12-14-16-18-20-21-22-23-24-25-26-27-28-29-30-31-32-33-34-35-36-37-38-39-40-41-42-43-45-47-49-51-53-55-57-64(69)75-62(61-74-66(65(70)71)72-59-58-67(3,4)5)60-73-63(68)56-54-52-50-48-46-44-19-17-15-13-11-9-7-2/h8,10-11,13-14,16-17,19-21,23-24,26-27,29-30,32-33,62,66H,6-7,9,12,15,18,22,25,28,31,34-61H2,1-5H3/b10-8-,13-11-,16-14-,19-17-,21-20-,24-23-,27-26-,30-29-,33-32-. The number of ether oxygens (including phenoxy) is 4. The summed E-state index contributed by atoms with van der Waals surface area (Å²) in [7, 11) is 5.91. The molecule has 0 heterocycles. The lowest BCUT2D eigenvalue weighted by molar-refractivity contribution is -0.870. The van der Waals surface area contributed by atoms with Gasteiger partial charge in [0.15, 0.2) is 12.4 Å². The number of carboxylic acids is 1. The van der Waals surface area contributed by atoms with Crippen molar-refractivity contribution in [1.82, 2.24) is 0 Å². The summed E-state index contributed by atoms with van der Waals surface area (Å²) in [6, 6.07) is 0. The molecule has 0 aromatic heterocycles. The molecule has 0 saturated carbocycles. The lowest BCUT2D eigenvalue weighted by Gasteiger charge is -2.26. The van der Waals surface area contributed by atoms with Crippen LogP contribution in [0.5, 0.6) is 0 Å². The van der Waals surface area contributed by atoms with Crippen molar-refractivity contribution in [3.8, 4) is 0 Å². The molecule has 2 unspecified atom stereocenters. The number of quaternary nitrogens is 1. The van der Waals surface area contributed by atoms with Gasteiger partial charge in [0.1, 0.15) is 13.2 Å². The van der Waals surface area contributed by atoms with Gasteiger partial charge in [0.05, 0.1) is 40.3 Å². The van der Waals surface area contributed by atoms with Crippen LogP contribution in [-0.2, 0) is 33.3 Å². The summed E-state index contributed by atoms with van der Waals surface area (Å²) in [6.45, 7) is 4.54. The molecule has 0 aliphatic heterocycles. The van der Waals surface area contributed by atoms with E-state index in [-0.39, 0.29) is 38.6 Å². The molecule has 0 aromatic rings. The number of esters is 2. The molecule has 75 heavy (non-hydrogen) atoms. The maximum absolute atomic E-state index is 12.9. The van der Waals surface area contributed by atoms with Crippen molar-refractivity contribution in [3.63, 3.8) is 0 Å². The Morgan fingerprint density at radius 1 is 0.413 bits per heavy atom. The van der Waals surface area contributed by atoms with Crippen molar-refractivity contribution in [1.29, 1.82) is 0 Å². The molecular weight excluding hydrogens is 935 g/mol. The molecule has 0 radical (unpaired) electrons. The Balaban J connectivity index is 4.09. The second-order valence-electron chi connectivity index (χ2n) is 20.9. The molecule has 0 fully saturated rings. The van der Waals surface area contributed by atoms with Crippen LogP contribution in [0.3, 0.4) is 0 Å². The Morgan fingerprint density at radius 3 is 1.13 bits per heavy atom. The topological polar surface area (TPSA) is 111 Å². The number of carbonyl (C=O) groups is 3. The van der Waals surface area contributed by atoms with Gasteiger partial charge in [-0.2, -0.15) is 0 Å². The minimum absolute atomic E-state index is 0.142. The Hall–Kier alpha value is -4.05. The number of aliphatic carboxylic acids is 1. The second-order valence-corrected chi connectivity index (χ2v) is 20.9. The molecule has 9 nitrogen and oxygen atoms in total. The number of carboxylic acid groups (broad SMARTS) is 1. The molecule has 0 bridgehead atoms. The van der Waals surface area contributed by atoms with Crippen molar-refractivity contribution in [2.75, 3.05) is 47.5 Å². The first kappa shape index (κ1) is 71.0. The fourth-order valence-electron chi connectivity index (χ4n) is 7.91. The third-order valence-corrected chi connectivity index (χ3v) is 12.5. The molecule has 0 aliphatic carbocycles. The van der Waals surface area contributed by atoms with E-state index < -0.39 is 24.3 Å². The molecule has 0 aliphatic rings. The Labute approximate surface area is 460 Å². The minimum atomic E-state index is -1.63. The highest BCUT2D eigenvalue weighted by molar-refractivity contribution is 5.70. The average molecular weight is 1050 g/mol. The SMILES string of the molecule is CC/C=C\C/C=C\C/C=C\C/C=C\C/C=C\C/C=C\C/C=C\CCCCCCCCCCCCCCCCCC(=O)OC(COC(=O)CCCCCCC/C=C\C/C=C\CCC)COC(OCC[N+](C)(C)C)C(=O)[O-]. The smallest absolute Gasteiger partial charge is 0.306 e. The first-order valence-corrected chi connectivity index (χ1v) is 30.0. The number of rotatable bonds is 54. The van der Waals surface area contributed by atoms with E-state index in [1.807, 2.05) is 21.1 Å². The van der Waals surface area contributed by atoms with E-state index in [4.69, 9.17) is 18.9 Å². The first-order valence-electron chi connectivity index (χ1n) is 30.0. The van der Waals surface area contributed by atoms with Crippen molar-refractivity contribution in [2.24, 2.45) is 0 Å². The summed E-state index contributed by atoms with van der Waals surface area (Å²) in [5, 5.41) is 11.8. The lowest BCUT2D eigenvalue weighted by atomic mass is 10.0. The fourth-order valence-corrected chi connectivity index (χ4v) is 7.91. The van der Waals surface area contributed by atoms with Gasteiger partial charge in [0.25, 0.3) is 0 Å². The summed E-state index contributed by atoms with van der Waals surface area (Å²) in [5.41, 5.74) is 0. The summed E-state index contributed by atoms with van der Waals surface area (Å²) in [6.07, 6.45) is 74.4. The van der Waals surface area contributed by atoms with Crippen LogP contribution in [-0.4, -0.2) is 82.3 Å².